The van der Waals surface area contributed by atoms with Gasteiger partial charge in [-0.2, -0.15) is 0 Å². The van der Waals surface area contributed by atoms with Crippen molar-refractivity contribution in [3.63, 3.8) is 0 Å². The van der Waals surface area contributed by atoms with E-state index >= 15 is 0 Å². The Labute approximate surface area is 69.9 Å². The topological polar surface area (TPSA) is 43.6 Å². The first kappa shape index (κ1) is 6.97. The van der Waals surface area contributed by atoms with Crippen LogP contribution in [0.25, 0.3) is 11.3 Å². The highest BCUT2D eigenvalue weighted by Gasteiger charge is 1.99. The van der Waals surface area contributed by atoms with Crippen LogP contribution in [0.4, 0.5) is 0 Å². The molecule has 0 unspecified atom stereocenters. The van der Waals surface area contributed by atoms with Crippen molar-refractivity contribution in [2.45, 2.75) is 0 Å². The van der Waals surface area contributed by atoms with Gasteiger partial charge in [-0.15, -0.1) is 0 Å². The molecule has 0 spiro atoms. The Kier molecular flexibility index (Phi) is 1.59. The van der Waals surface area contributed by atoms with E-state index in [1.165, 1.54) is 6.33 Å². The summed E-state index contributed by atoms with van der Waals surface area (Å²) in [5.41, 5.74) is 1.76. The molecular formula is C8H7N4. The summed E-state index contributed by atoms with van der Waals surface area (Å²) in [4.78, 5) is 11.8. The van der Waals surface area contributed by atoms with Crippen LogP contribution in [0.1, 0.15) is 0 Å². The minimum atomic E-state index is 0.845. The second-order valence-electron chi connectivity index (χ2n) is 2.46. The molecular weight excluding hydrogens is 152 g/mol. The molecule has 4 heteroatoms. The zero-order chi connectivity index (χ0) is 8.39. The number of aryl methyl sites for hydroxylation is 1. The summed E-state index contributed by atoms with van der Waals surface area (Å²) in [5.74, 6) is 0. The monoisotopic (exact) mass is 159 g/mol. The molecule has 2 rings (SSSR count). The standard InChI is InChI=1S/C8H7N4/c1-12-4-8(11-6-12)7-2-9-5-10-3-7/h2-5H,1H3. The van der Waals surface area contributed by atoms with Gasteiger partial charge >= 0.3 is 0 Å². The Hall–Kier alpha value is -1.71. The normalized spacial score (nSPS) is 10.1. The van der Waals surface area contributed by atoms with Crippen molar-refractivity contribution in [1.82, 2.24) is 19.5 Å². The van der Waals surface area contributed by atoms with E-state index in [1.54, 1.807) is 17.0 Å². The van der Waals surface area contributed by atoms with Crippen LogP contribution in [0, 0.1) is 6.33 Å². The molecule has 59 valence electrons. The summed E-state index contributed by atoms with van der Waals surface area (Å²) in [6.45, 7) is 0. The Morgan fingerprint density at radius 1 is 1.33 bits per heavy atom. The lowest BCUT2D eigenvalue weighted by molar-refractivity contribution is 0.903. The number of aromatic nitrogens is 4. The fourth-order valence-electron chi connectivity index (χ4n) is 0.944. The maximum atomic E-state index is 4.04. The minimum Gasteiger partial charge on any atom is -0.331 e. The minimum absolute atomic E-state index is 0.845. The molecule has 2 aromatic heterocycles. The van der Waals surface area contributed by atoms with E-state index in [1.807, 2.05) is 13.2 Å². The van der Waals surface area contributed by atoms with Gasteiger partial charge < -0.3 is 4.57 Å². The van der Waals surface area contributed by atoms with Crippen LogP contribution in [-0.4, -0.2) is 19.5 Å². The highest BCUT2D eigenvalue weighted by atomic mass is 15.0. The molecule has 2 heterocycles. The smallest absolute Gasteiger partial charge is 0.176 e. The van der Waals surface area contributed by atoms with E-state index in [-0.39, 0.29) is 0 Å². The van der Waals surface area contributed by atoms with Crippen LogP contribution < -0.4 is 0 Å². The summed E-state index contributed by atoms with van der Waals surface area (Å²) < 4.78 is 1.77. The van der Waals surface area contributed by atoms with E-state index in [4.69, 9.17) is 0 Å². The third kappa shape index (κ3) is 1.18. The van der Waals surface area contributed by atoms with Gasteiger partial charge in [0.05, 0.1) is 5.69 Å². The summed E-state index contributed by atoms with van der Waals surface area (Å²) >= 11 is 0. The molecule has 0 saturated heterocycles. The van der Waals surface area contributed by atoms with Gasteiger partial charge in [0.25, 0.3) is 0 Å². The van der Waals surface area contributed by atoms with Crippen LogP contribution in [0.2, 0.25) is 0 Å². The summed E-state index contributed by atoms with van der Waals surface area (Å²) in [7, 11) is 1.88. The number of imidazole rings is 1. The van der Waals surface area contributed by atoms with Crippen LogP contribution in [0.3, 0.4) is 0 Å². The Morgan fingerprint density at radius 2 is 2.08 bits per heavy atom. The largest absolute Gasteiger partial charge is 0.331 e. The van der Waals surface area contributed by atoms with Gasteiger partial charge in [-0.3, -0.25) is 0 Å². The Morgan fingerprint density at radius 3 is 2.67 bits per heavy atom. The summed E-state index contributed by atoms with van der Waals surface area (Å²) in [6.07, 6.45) is 9.60. The molecule has 1 radical (unpaired) electrons. The van der Waals surface area contributed by atoms with Crippen LogP contribution in [0.15, 0.2) is 24.9 Å². The molecule has 12 heavy (non-hydrogen) atoms. The number of hydrogen-bond donors (Lipinski definition) is 0. The molecule has 0 aromatic carbocycles. The van der Waals surface area contributed by atoms with Crippen LogP contribution in [0.5, 0.6) is 0 Å². The molecule has 0 aliphatic carbocycles. The first-order valence-corrected chi connectivity index (χ1v) is 3.53. The van der Waals surface area contributed by atoms with E-state index in [0.717, 1.165) is 11.3 Å². The third-order valence-corrected chi connectivity index (χ3v) is 1.50. The number of hydrogen-bond acceptors (Lipinski definition) is 3. The fraction of sp³-hybridized carbons (Fsp3) is 0.125. The summed E-state index contributed by atoms with van der Waals surface area (Å²) in [6, 6.07) is 0. The Balaban J connectivity index is 2.45. The quantitative estimate of drug-likeness (QED) is 0.614. The molecule has 0 saturated carbocycles. The highest BCUT2D eigenvalue weighted by molar-refractivity contribution is 5.54. The molecule has 0 fully saturated rings. The van der Waals surface area contributed by atoms with E-state index < -0.39 is 0 Å². The van der Waals surface area contributed by atoms with Crippen LogP contribution >= 0.6 is 0 Å². The van der Waals surface area contributed by atoms with Crippen molar-refractivity contribution in [3.8, 4) is 11.3 Å². The average Bonchev–Trinajstić information content (AvgIpc) is 2.54. The van der Waals surface area contributed by atoms with Crippen molar-refractivity contribution in [1.29, 1.82) is 0 Å². The van der Waals surface area contributed by atoms with Crippen molar-refractivity contribution in [3.05, 3.63) is 31.2 Å². The number of nitrogens with zero attached hydrogens (tertiary/aromatic N) is 4. The number of rotatable bonds is 1. The second kappa shape index (κ2) is 2.73. The van der Waals surface area contributed by atoms with E-state index in [0.29, 0.717) is 0 Å². The summed E-state index contributed by atoms with van der Waals surface area (Å²) in [5, 5.41) is 0. The van der Waals surface area contributed by atoms with Gasteiger partial charge in [-0.05, 0) is 0 Å². The average molecular weight is 159 g/mol. The first-order chi connectivity index (χ1) is 5.86. The van der Waals surface area contributed by atoms with Gasteiger partial charge in [0.15, 0.2) is 6.33 Å². The van der Waals surface area contributed by atoms with Gasteiger partial charge in [0.1, 0.15) is 6.33 Å². The van der Waals surface area contributed by atoms with Crippen molar-refractivity contribution in [2.24, 2.45) is 7.05 Å². The SMILES string of the molecule is Cn1[c]nc(-c2cncnc2)c1. The predicted octanol–water partition coefficient (Wildman–Crippen LogP) is 0.677. The van der Waals surface area contributed by atoms with Crippen molar-refractivity contribution in [2.75, 3.05) is 0 Å². The first-order valence-electron chi connectivity index (χ1n) is 3.53. The molecule has 4 nitrogen and oxygen atoms in total. The molecule has 0 atom stereocenters. The molecule has 0 amide bonds. The zero-order valence-electron chi connectivity index (χ0n) is 6.60. The lowest BCUT2D eigenvalue weighted by atomic mass is 10.3. The van der Waals surface area contributed by atoms with Gasteiger partial charge in [-0.25, -0.2) is 15.0 Å². The maximum absolute atomic E-state index is 4.04. The van der Waals surface area contributed by atoms with Gasteiger partial charge in [-0.1, -0.05) is 0 Å². The van der Waals surface area contributed by atoms with Crippen LogP contribution in [-0.2, 0) is 7.05 Å². The van der Waals surface area contributed by atoms with Gasteiger partial charge in [0, 0.05) is 31.2 Å². The highest BCUT2D eigenvalue weighted by Crippen LogP contribution is 2.12. The van der Waals surface area contributed by atoms with E-state index in [9.17, 15) is 0 Å². The Bertz CT molecular complexity index is 366. The lowest BCUT2D eigenvalue weighted by Gasteiger charge is -1.91. The van der Waals surface area contributed by atoms with Crippen molar-refractivity contribution < 1.29 is 0 Å². The van der Waals surface area contributed by atoms with E-state index in [2.05, 4.69) is 21.3 Å². The van der Waals surface area contributed by atoms with Gasteiger partial charge in [0.2, 0.25) is 0 Å². The molecule has 2 aromatic rings. The molecule has 0 aliphatic rings. The lowest BCUT2D eigenvalue weighted by Crippen LogP contribution is -1.81. The molecule has 0 N–H and O–H groups in total. The third-order valence-electron chi connectivity index (χ3n) is 1.50. The fourth-order valence-corrected chi connectivity index (χ4v) is 0.944. The van der Waals surface area contributed by atoms with Crippen molar-refractivity contribution >= 4 is 0 Å². The second-order valence-corrected chi connectivity index (χ2v) is 2.46. The predicted molar refractivity (Wildman–Crippen MR) is 43.1 cm³/mol. The zero-order valence-corrected chi connectivity index (χ0v) is 6.60. The molecule has 0 bridgehead atoms. The molecule has 0 aliphatic heterocycles. The maximum Gasteiger partial charge on any atom is 0.176 e.